The molecule has 0 aromatic heterocycles. The van der Waals surface area contributed by atoms with E-state index in [0.29, 0.717) is 19.3 Å². The molecule has 0 aliphatic heterocycles. The van der Waals surface area contributed by atoms with Gasteiger partial charge in [0.15, 0.2) is 0 Å². The number of fused-ring (bicyclic) bond motifs is 7. The number of aliphatic hydroxyl groups excluding tert-OH is 3. The van der Waals surface area contributed by atoms with Crippen LogP contribution >= 0.6 is 0 Å². The molecule has 0 spiro atoms. The lowest BCUT2D eigenvalue weighted by Gasteiger charge is -2.69. The molecule has 53 heavy (non-hydrogen) atoms. The minimum absolute atomic E-state index is 0.0157. The van der Waals surface area contributed by atoms with Crippen molar-refractivity contribution in [1.29, 1.82) is 0 Å². The zero-order chi connectivity index (χ0) is 39.5. The third-order valence-electron chi connectivity index (χ3n) is 14.6. The predicted octanol–water partition coefficient (Wildman–Crippen LogP) is 7.19. The van der Waals surface area contributed by atoms with Crippen LogP contribution in [-0.4, -0.2) is 70.9 Å². The van der Waals surface area contributed by atoms with E-state index >= 15 is 0 Å². The van der Waals surface area contributed by atoms with Gasteiger partial charge < -0.3 is 29.5 Å². The van der Waals surface area contributed by atoms with Gasteiger partial charge in [0.2, 0.25) is 0 Å². The van der Waals surface area contributed by atoms with Crippen molar-refractivity contribution in [3.8, 4) is 0 Å². The number of rotatable bonds is 8. The number of aliphatic hydroxyl groups is 3. The molecule has 4 saturated carbocycles. The van der Waals surface area contributed by atoms with Gasteiger partial charge in [-0.25, -0.2) is 14.4 Å². The summed E-state index contributed by atoms with van der Waals surface area (Å²) in [7, 11) is 0. The van der Waals surface area contributed by atoms with Crippen molar-refractivity contribution in [3.63, 3.8) is 0 Å². The Morgan fingerprint density at radius 2 is 1.26 bits per heavy atom. The molecule has 5 aliphatic rings. The van der Waals surface area contributed by atoms with Gasteiger partial charge in [0.05, 0.1) is 24.2 Å². The van der Waals surface area contributed by atoms with Crippen LogP contribution in [0, 0.1) is 50.7 Å². The fraction of sp³-hybridized carbons (Fsp3) is 0.750. The summed E-state index contributed by atoms with van der Waals surface area (Å²) in [6, 6.07) is 0. The average Bonchev–Trinajstić information content (AvgIpc) is 3.03. The Morgan fingerprint density at radius 1 is 0.717 bits per heavy atom. The zero-order valence-electron chi connectivity index (χ0n) is 34.1. The summed E-state index contributed by atoms with van der Waals surface area (Å²) in [5.41, 5.74) is 0.737. The molecule has 9 nitrogen and oxygen atoms in total. The molecule has 4 unspecified atom stereocenters. The maximum Gasteiger partial charge on any atom is 0.331 e. The van der Waals surface area contributed by atoms with Gasteiger partial charge in [0.1, 0.15) is 18.8 Å². The van der Waals surface area contributed by atoms with E-state index in [1.807, 2.05) is 55.4 Å². The first-order valence-corrected chi connectivity index (χ1v) is 19.8. The maximum absolute atomic E-state index is 13.0. The Hall–Kier alpha value is -2.75. The highest BCUT2D eigenvalue weighted by atomic mass is 16.6. The van der Waals surface area contributed by atoms with Gasteiger partial charge in [-0.3, -0.25) is 0 Å². The van der Waals surface area contributed by atoms with Crippen LogP contribution in [0.3, 0.4) is 0 Å². The average molecular weight is 739 g/mol. The topological polar surface area (TPSA) is 140 Å². The SMILES string of the molecule is CC(C)=CC(=O)OC[C@@]12C(CC(C)(C)[C@@H](OC(=O)C=C(C)C)[C@@H]1O)C1=CCC3[C@@](C)(CCC4[C@]3(C)CC[C@H](O)[C@]4(C)COC(=O)C=C(C)C)C1C[C@H]2O. The van der Waals surface area contributed by atoms with Gasteiger partial charge in [-0.1, -0.05) is 63.0 Å². The smallest absolute Gasteiger partial charge is 0.331 e. The normalized spacial score (nSPS) is 41.1. The third-order valence-corrected chi connectivity index (χ3v) is 14.6. The molecular formula is C44H66O9. The van der Waals surface area contributed by atoms with Crippen LogP contribution in [-0.2, 0) is 28.6 Å². The molecule has 0 aromatic carbocycles. The van der Waals surface area contributed by atoms with E-state index in [1.165, 1.54) is 23.8 Å². The number of esters is 3. The number of hydrogen-bond donors (Lipinski definition) is 3. The van der Waals surface area contributed by atoms with Crippen LogP contribution in [0.4, 0.5) is 0 Å². The van der Waals surface area contributed by atoms with E-state index in [-0.39, 0.29) is 53.7 Å². The van der Waals surface area contributed by atoms with E-state index in [0.717, 1.165) is 42.4 Å². The highest BCUT2D eigenvalue weighted by Crippen LogP contribution is 2.72. The van der Waals surface area contributed by atoms with Crippen LogP contribution in [0.1, 0.15) is 121 Å². The molecular weight excluding hydrogens is 672 g/mol. The Balaban J connectivity index is 1.54. The Morgan fingerprint density at radius 3 is 1.85 bits per heavy atom. The lowest BCUT2D eigenvalue weighted by molar-refractivity contribution is -0.251. The van der Waals surface area contributed by atoms with E-state index in [2.05, 4.69) is 26.8 Å². The Kier molecular flexibility index (Phi) is 11.5. The molecule has 4 fully saturated rings. The van der Waals surface area contributed by atoms with E-state index in [9.17, 15) is 29.7 Å². The Labute approximate surface area is 317 Å². The highest BCUT2D eigenvalue weighted by Gasteiger charge is 2.70. The second-order valence-electron chi connectivity index (χ2n) is 19.5. The highest BCUT2D eigenvalue weighted by molar-refractivity contribution is 5.83. The van der Waals surface area contributed by atoms with Crippen molar-refractivity contribution in [3.05, 3.63) is 46.6 Å². The summed E-state index contributed by atoms with van der Waals surface area (Å²) < 4.78 is 17.7. The molecule has 5 aliphatic carbocycles. The third kappa shape index (κ3) is 7.24. The van der Waals surface area contributed by atoms with Crippen LogP contribution < -0.4 is 0 Å². The molecule has 9 heteroatoms. The van der Waals surface area contributed by atoms with Crippen LogP contribution in [0.15, 0.2) is 46.6 Å². The second kappa shape index (κ2) is 14.7. The summed E-state index contributed by atoms with van der Waals surface area (Å²) in [4.78, 5) is 38.6. The minimum Gasteiger partial charge on any atom is -0.462 e. The molecule has 12 atom stereocenters. The van der Waals surface area contributed by atoms with E-state index in [4.69, 9.17) is 14.2 Å². The van der Waals surface area contributed by atoms with Crippen molar-refractivity contribution < 1.29 is 43.9 Å². The molecule has 0 heterocycles. The van der Waals surface area contributed by atoms with Gasteiger partial charge in [-0.2, -0.15) is 0 Å². The van der Waals surface area contributed by atoms with Gasteiger partial charge in [0.25, 0.3) is 0 Å². The number of carbonyl (C=O) groups is 3. The van der Waals surface area contributed by atoms with Crippen molar-refractivity contribution in [2.45, 2.75) is 146 Å². The largest absolute Gasteiger partial charge is 0.462 e. The van der Waals surface area contributed by atoms with Gasteiger partial charge in [-0.15, -0.1) is 0 Å². The molecule has 0 bridgehead atoms. The number of allylic oxidation sites excluding steroid dienone is 5. The summed E-state index contributed by atoms with van der Waals surface area (Å²) in [5.74, 6) is -1.40. The fourth-order valence-corrected chi connectivity index (χ4v) is 12.0. The predicted molar refractivity (Wildman–Crippen MR) is 203 cm³/mol. The number of carbonyl (C=O) groups excluding carboxylic acids is 3. The standard InChI is InChI=1S/C44H66O9/c1-25(2)18-35(47)51-23-43(11)32-14-16-41(9)29-21-34(46)44(24-52-36(48)19-26(3)4)30(28(29)12-13-31(41)42(32,10)17-15-33(43)45)22-40(7,8)39(38(44)50)53-37(49)20-27(5)6/h12,18-20,29-34,38-39,45-46,50H,13-17,21-24H2,1-11H3/t29?,30?,31?,32?,33-,34+,38-,39-,41-,42+,43+,44-/m0/s1. The summed E-state index contributed by atoms with van der Waals surface area (Å²) >= 11 is 0. The zero-order valence-corrected chi connectivity index (χ0v) is 34.1. The van der Waals surface area contributed by atoms with Gasteiger partial charge >= 0.3 is 17.9 Å². The van der Waals surface area contributed by atoms with Gasteiger partial charge in [0, 0.05) is 29.1 Å². The summed E-state index contributed by atoms with van der Waals surface area (Å²) in [6.07, 6.45) is 7.72. The molecule has 3 N–H and O–H groups in total. The van der Waals surface area contributed by atoms with Crippen LogP contribution in [0.2, 0.25) is 0 Å². The minimum atomic E-state index is -1.30. The van der Waals surface area contributed by atoms with E-state index in [1.54, 1.807) is 0 Å². The summed E-state index contributed by atoms with van der Waals surface area (Å²) in [6.45, 7) is 21.7. The molecule has 0 amide bonds. The maximum atomic E-state index is 13.0. The van der Waals surface area contributed by atoms with Crippen LogP contribution in [0.25, 0.3) is 0 Å². The lowest BCUT2D eigenvalue weighted by Crippen LogP contribution is -2.70. The summed E-state index contributed by atoms with van der Waals surface area (Å²) in [5, 5.41) is 36.4. The first-order chi connectivity index (χ1) is 24.5. The van der Waals surface area contributed by atoms with Crippen molar-refractivity contribution in [2.24, 2.45) is 50.7 Å². The molecule has 296 valence electrons. The molecule has 0 saturated heterocycles. The van der Waals surface area contributed by atoms with Crippen molar-refractivity contribution >= 4 is 17.9 Å². The van der Waals surface area contributed by atoms with E-state index < -0.39 is 52.6 Å². The van der Waals surface area contributed by atoms with Gasteiger partial charge in [-0.05, 0) is 121 Å². The lowest BCUT2D eigenvalue weighted by atomic mass is 9.36. The first-order valence-electron chi connectivity index (χ1n) is 19.8. The molecule has 0 aromatic rings. The Bertz CT molecular complexity index is 1570. The second-order valence-corrected chi connectivity index (χ2v) is 19.5. The first kappa shape index (κ1) is 41.4. The molecule has 5 rings (SSSR count). The number of hydrogen-bond acceptors (Lipinski definition) is 9. The van der Waals surface area contributed by atoms with Crippen LogP contribution in [0.5, 0.6) is 0 Å². The monoisotopic (exact) mass is 738 g/mol. The van der Waals surface area contributed by atoms with Crippen molar-refractivity contribution in [1.82, 2.24) is 0 Å². The van der Waals surface area contributed by atoms with Crippen molar-refractivity contribution in [2.75, 3.05) is 13.2 Å². The molecule has 0 radical (unpaired) electrons. The quantitative estimate of drug-likeness (QED) is 0.102. The fourth-order valence-electron chi connectivity index (χ4n) is 12.0. The number of ether oxygens (including phenoxy) is 3.